The molecule has 1 amide bonds. The standard InChI is InChI=1S/C21H29NO4/c1-8-9-15-10-12-16(13-11-15)14-17(18(23)25-20(2,3)4)22-19(24)26-21(5,6)7/h10-13,17H,14H2,1-7H3,(H,22,24). The average Bonchev–Trinajstić information content (AvgIpc) is 2.45. The number of hydrogen-bond acceptors (Lipinski definition) is 4. The SMILES string of the molecule is CC#Cc1ccc(CC(NC(=O)OC(C)(C)C)C(=O)OC(C)(C)C)cc1. The van der Waals surface area contributed by atoms with Crippen LogP contribution in [0, 0.1) is 11.8 Å². The fraction of sp³-hybridized carbons (Fsp3) is 0.524. The van der Waals surface area contributed by atoms with Crippen molar-refractivity contribution < 1.29 is 19.1 Å². The number of ether oxygens (including phenoxy) is 2. The largest absolute Gasteiger partial charge is 0.458 e. The maximum atomic E-state index is 12.5. The molecular weight excluding hydrogens is 330 g/mol. The van der Waals surface area contributed by atoms with Gasteiger partial charge in [-0.2, -0.15) is 0 Å². The van der Waals surface area contributed by atoms with Crippen LogP contribution in [0.2, 0.25) is 0 Å². The van der Waals surface area contributed by atoms with E-state index in [1.807, 2.05) is 24.3 Å². The highest BCUT2D eigenvalue weighted by Gasteiger charge is 2.28. The lowest BCUT2D eigenvalue weighted by Crippen LogP contribution is -2.47. The summed E-state index contributed by atoms with van der Waals surface area (Å²) < 4.78 is 10.7. The monoisotopic (exact) mass is 359 g/mol. The molecule has 0 radical (unpaired) electrons. The summed E-state index contributed by atoms with van der Waals surface area (Å²) in [7, 11) is 0. The number of hydrogen-bond donors (Lipinski definition) is 1. The van der Waals surface area contributed by atoms with Gasteiger partial charge in [0.2, 0.25) is 0 Å². The average molecular weight is 359 g/mol. The zero-order valence-electron chi connectivity index (χ0n) is 16.7. The van der Waals surface area contributed by atoms with Crippen LogP contribution in [0.15, 0.2) is 24.3 Å². The fourth-order valence-corrected chi connectivity index (χ4v) is 2.12. The number of carbonyl (C=O) groups excluding carboxylic acids is 2. The quantitative estimate of drug-likeness (QED) is 0.655. The maximum absolute atomic E-state index is 12.5. The molecule has 26 heavy (non-hydrogen) atoms. The van der Waals surface area contributed by atoms with E-state index >= 15 is 0 Å². The molecule has 0 aliphatic heterocycles. The van der Waals surface area contributed by atoms with Crippen LogP contribution in [0.1, 0.15) is 59.6 Å². The highest BCUT2D eigenvalue weighted by atomic mass is 16.6. The Morgan fingerprint density at radius 2 is 1.54 bits per heavy atom. The van der Waals surface area contributed by atoms with Crippen LogP contribution in [-0.2, 0) is 20.7 Å². The van der Waals surface area contributed by atoms with E-state index in [4.69, 9.17) is 9.47 Å². The van der Waals surface area contributed by atoms with E-state index in [9.17, 15) is 9.59 Å². The summed E-state index contributed by atoms with van der Waals surface area (Å²) in [6, 6.07) is 6.69. The third-order valence-electron chi connectivity index (χ3n) is 3.05. The van der Waals surface area contributed by atoms with Crippen molar-refractivity contribution in [3.63, 3.8) is 0 Å². The molecule has 1 aromatic carbocycles. The normalized spacial score (nSPS) is 12.4. The van der Waals surface area contributed by atoms with E-state index < -0.39 is 29.3 Å². The van der Waals surface area contributed by atoms with Gasteiger partial charge in [-0.05, 0) is 66.2 Å². The first-order chi connectivity index (χ1) is 11.9. The first-order valence-electron chi connectivity index (χ1n) is 8.64. The number of esters is 1. The van der Waals surface area contributed by atoms with E-state index in [2.05, 4.69) is 17.2 Å². The van der Waals surface area contributed by atoms with Crippen molar-refractivity contribution in [3.8, 4) is 11.8 Å². The van der Waals surface area contributed by atoms with Gasteiger partial charge in [-0.3, -0.25) is 0 Å². The molecule has 0 aliphatic carbocycles. The second-order valence-electron chi connectivity index (χ2n) is 8.01. The molecule has 0 spiro atoms. The van der Waals surface area contributed by atoms with E-state index in [0.717, 1.165) is 11.1 Å². The minimum Gasteiger partial charge on any atom is -0.458 e. The Labute approximate surface area is 156 Å². The molecule has 0 saturated carbocycles. The number of alkyl carbamates (subject to hydrolysis) is 1. The molecule has 0 heterocycles. The maximum Gasteiger partial charge on any atom is 0.408 e. The van der Waals surface area contributed by atoms with Gasteiger partial charge >= 0.3 is 12.1 Å². The lowest BCUT2D eigenvalue weighted by Gasteiger charge is -2.26. The zero-order valence-corrected chi connectivity index (χ0v) is 16.7. The van der Waals surface area contributed by atoms with Crippen LogP contribution in [-0.4, -0.2) is 29.3 Å². The van der Waals surface area contributed by atoms with Gasteiger partial charge in [0.15, 0.2) is 0 Å². The van der Waals surface area contributed by atoms with Gasteiger partial charge in [0.25, 0.3) is 0 Å². The lowest BCUT2D eigenvalue weighted by molar-refractivity contribution is -0.157. The van der Waals surface area contributed by atoms with E-state index in [1.165, 1.54) is 0 Å². The van der Waals surface area contributed by atoms with Gasteiger partial charge in [0.1, 0.15) is 17.2 Å². The zero-order chi connectivity index (χ0) is 20.0. The molecule has 0 aliphatic rings. The van der Waals surface area contributed by atoms with Crippen molar-refractivity contribution in [1.82, 2.24) is 5.32 Å². The number of rotatable bonds is 4. The number of amides is 1. The Morgan fingerprint density at radius 3 is 2.00 bits per heavy atom. The summed E-state index contributed by atoms with van der Waals surface area (Å²) in [6.07, 6.45) is -0.351. The molecule has 0 aromatic heterocycles. The summed E-state index contributed by atoms with van der Waals surface area (Å²) in [5.74, 6) is 5.31. The van der Waals surface area contributed by atoms with Crippen LogP contribution in [0.25, 0.3) is 0 Å². The first kappa shape index (κ1) is 21.6. The number of nitrogens with one attached hydrogen (secondary N) is 1. The number of benzene rings is 1. The van der Waals surface area contributed by atoms with E-state index in [0.29, 0.717) is 6.42 Å². The van der Waals surface area contributed by atoms with Crippen LogP contribution in [0.3, 0.4) is 0 Å². The third kappa shape index (κ3) is 8.57. The van der Waals surface area contributed by atoms with Crippen LogP contribution < -0.4 is 5.32 Å². The van der Waals surface area contributed by atoms with Crippen molar-refractivity contribution in [1.29, 1.82) is 0 Å². The molecule has 1 rings (SSSR count). The Bertz CT molecular complexity index is 682. The minimum atomic E-state index is -0.841. The second kappa shape index (κ2) is 8.75. The van der Waals surface area contributed by atoms with Crippen molar-refractivity contribution in [3.05, 3.63) is 35.4 Å². The fourth-order valence-electron chi connectivity index (χ4n) is 2.12. The highest BCUT2D eigenvalue weighted by molar-refractivity contribution is 5.82. The Balaban J connectivity index is 2.93. The summed E-state index contributed by atoms with van der Waals surface area (Å²) in [5, 5.41) is 2.62. The second-order valence-corrected chi connectivity index (χ2v) is 8.01. The Morgan fingerprint density at radius 1 is 1.00 bits per heavy atom. The highest BCUT2D eigenvalue weighted by Crippen LogP contribution is 2.13. The molecule has 142 valence electrons. The Hall–Kier alpha value is -2.48. The van der Waals surface area contributed by atoms with Gasteiger partial charge in [-0.15, -0.1) is 5.92 Å². The van der Waals surface area contributed by atoms with Crippen molar-refractivity contribution in [2.24, 2.45) is 0 Å². The van der Waals surface area contributed by atoms with Gasteiger partial charge in [0, 0.05) is 12.0 Å². The van der Waals surface area contributed by atoms with E-state index in [-0.39, 0.29) is 0 Å². The molecule has 5 nitrogen and oxygen atoms in total. The van der Waals surface area contributed by atoms with Crippen LogP contribution >= 0.6 is 0 Å². The molecule has 1 aromatic rings. The molecule has 1 unspecified atom stereocenters. The van der Waals surface area contributed by atoms with Gasteiger partial charge < -0.3 is 14.8 Å². The van der Waals surface area contributed by atoms with Crippen LogP contribution in [0.4, 0.5) is 4.79 Å². The van der Waals surface area contributed by atoms with Gasteiger partial charge in [-0.1, -0.05) is 18.1 Å². The lowest BCUT2D eigenvalue weighted by atomic mass is 10.0. The molecule has 0 saturated heterocycles. The van der Waals surface area contributed by atoms with Gasteiger partial charge in [0.05, 0.1) is 0 Å². The predicted molar refractivity (Wildman–Crippen MR) is 102 cm³/mol. The smallest absolute Gasteiger partial charge is 0.408 e. The van der Waals surface area contributed by atoms with Crippen molar-refractivity contribution >= 4 is 12.1 Å². The molecule has 1 N–H and O–H groups in total. The molecular formula is C21H29NO4. The summed E-state index contributed by atoms with van der Waals surface area (Å²) in [4.78, 5) is 24.6. The first-order valence-corrected chi connectivity index (χ1v) is 8.64. The van der Waals surface area contributed by atoms with Crippen LogP contribution in [0.5, 0.6) is 0 Å². The van der Waals surface area contributed by atoms with E-state index in [1.54, 1.807) is 48.5 Å². The van der Waals surface area contributed by atoms with Crippen molar-refractivity contribution in [2.75, 3.05) is 0 Å². The summed E-state index contributed by atoms with van der Waals surface area (Å²) in [5.41, 5.74) is 0.484. The number of carbonyl (C=O) groups is 2. The molecule has 0 fully saturated rings. The third-order valence-corrected chi connectivity index (χ3v) is 3.05. The predicted octanol–water partition coefficient (Wildman–Crippen LogP) is 3.84. The topological polar surface area (TPSA) is 64.6 Å². The minimum absolute atomic E-state index is 0.300. The summed E-state index contributed by atoms with van der Waals surface area (Å²) in [6.45, 7) is 12.4. The summed E-state index contributed by atoms with van der Waals surface area (Å²) >= 11 is 0. The van der Waals surface area contributed by atoms with Crippen molar-refractivity contribution in [2.45, 2.75) is 72.1 Å². The molecule has 0 bridgehead atoms. The van der Waals surface area contributed by atoms with Gasteiger partial charge in [-0.25, -0.2) is 9.59 Å². The Kier molecular flexibility index (Phi) is 7.26. The molecule has 1 atom stereocenters. The molecule has 5 heteroatoms.